The van der Waals surface area contributed by atoms with Crippen LogP contribution in [-0.4, -0.2) is 30.6 Å². The van der Waals surface area contributed by atoms with Crippen molar-refractivity contribution in [3.05, 3.63) is 70.1 Å². The summed E-state index contributed by atoms with van der Waals surface area (Å²) in [5, 5.41) is 4.83. The summed E-state index contributed by atoms with van der Waals surface area (Å²) in [6.07, 6.45) is 2.51. The highest BCUT2D eigenvalue weighted by molar-refractivity contribution is 7.90. The van der Waals surface area contributed by atoms with Gasteiger partial charge in [-0.1, -0.05) is 57.5 Å². The predicted molar refractivity (Wildman–Crippen MR) is 127 cm³/mol. The fourth-order valence-corrected chi connectivity index (χ4v) is 4.42. The maximum Gasteiger partial charge on any atom is 0.314 e. The second kappa shape index (κ2) is 9.46. The van der Waals surface area contributed by atoms with Crippen molar-refractivity contribution >= 4 is 21.4 Å². The number of hydrogen-bond acceptors (Lipinski definition) is 5. The zero-order chi connectivity index (χ0) is 23.6. The molecule has 0 bridgehead atoms. The van der Waals surface area contributed by atoms with Gasteiger partial charge in [-0.05, 0) is 47.7 Å². The fraction of sp³-hybridized carbons (Fsp3) is 0.333. The van der Waals surface area contributed by atoms with E-state index in [0.29, 0.717) is 21.8 Å². The Morgan fingerprint density at radius 2 is 1.62 bits per heavy atom. The van der Waals surface area contributed by atoms with E-state index < -0.39 is 15.4 Å². The quantitative estimate of drug-likeness (QED) is 0.480. The third-order valence-electron chi connectivity index (χ3n) is 5.15. The molecule has 0 spiro atoms. The minimum Gasteiger partial charge on any atom is -0.483 e. The van der Waals surface area contributed by atoms with Gasteiger partial charge in [0, 0.05) is 16.8 Å². The van der Waals surface area contributed by atoms with Crippen LogP contribution in [0, 0.1) is 11.8 Å². The Balaban J connectivity index is 2.20. The SMILES string of the molecule is CC(C)C(Oc1c(-c2ccc(S(C)(=O)=O)cc2)cnn(-c2cccc(Cl)c2)c1=O)C(C)C. The van der Waals surface area contributed by atoms with Crippen molar-refractivity contribution in [1.82, 2.24) is 9.78 Å². The highest BCUT2D eigenvalue weighted by Crippen LogP contribution is 2.30. The van der Waals surface area contributed by atoms with E-state index in [-0.39, 0.29) is 28.6 Å². The topological polar surface area (TPSA) is 78.3 Å². The Bertz CT molecular complexity index is 1260. The van der Waals surface area contributed by atoms with Gasteiger partial charge in [0.1, 0.15) is 6.10 Å². The van der Waals surface area contributed by atoms with E-state index >= 15 is 0 Å². The van der Waals surface area contributed by atoms with Crippen LogP contribution in [0.1, 0.15) is 27.7 Å². The Hall–Kier alpha value is -2.64. The molecule has 0 atom stereocenters. The van der Waals surface area contributed by atoms with Crippen molar-refractivity contribution in [2.45, 2.75) is 38.7 Å². The molecule has 8 heteroatoms. The van der Waals surface area contributed by atoms with Crippen molar-refractivity contribution in [3.8, 4) is 22.6 Å². The largest absolute Gasteiger partial charge is 0.483 e. The normalized spacial score (nSPS) is 12.0. The van der Waals surface area contributed by atoms with E-state index in [1.165, 1.54) is 16.8 Å². The van der Waals surface area contributed by atoms with Gasteiger partial charge in [0.2, 0.25) is 0 Å². The lowest BCUT2D eigenvalue weighted by Crippen LogP contribution is -2.33. The number of halogens is 1. The van der Waals surface area contributed by atoms with Crippen molar-refractivity contribution in [1.29, 1.82) is 0 Å². The summed E-state index contributed by atoms with van der Waals surface area (Å²) in [4.78, 5) is 13.7. The van der Waals surface area contributed by atoms with E-state index in [1.54, 1.807) is 42.6 Å². The van der Waals surface area contributed by atoms with E-state index in [9.17, 15) is 13.2 Å². The van der Waals surface area contributed by atoms with Crippen molar-refractivity contribution < 1.29 is 13.2 Å². The van der Waals surface area contributed by atoms with Crippen molar-refractivity contribution in [2.24, 2.45) is 11.8 Å². The zero-order valence-electron chi connectivity index (χ0n) is 18.7. The molecule has 0 saturated carbocycles. The van der Waals surface area contributed by atoms with Crippen LogP contribution in [0.2, 0.25) is 5.02 Å². The summed E-state index contributed by atoms with van der Waals surface area (Å²) in [7, 11) is -3.33. The molecule has 1 aromatic heterocycles. The number of benzene rings is 2. The van der Waals surface area contributed by atoms with Gasteiger partial charge in [-0.3, -0.25) is 4.79 Å². The molecule has 2 aromatic carbocycles. The van der Waals surface area contributed by atoms with E-state index in [4.69, 9.17) is 16.3 Å². The summed E-state index contributed by atoms with van der Waals surface area (Å²) < 4.78 is 31.2. The highest BCUT2D eigenvalue weighted by atomic mass is 35.5. The smallest absolute Gasteiger partial charge is 0.314 e. The Morgan fingerprint density at radius 3 is 2.16 bits per heavy atom. The van der Waals surface area contributed by atoms with Crippen LogP contribution in [0.25, 0.3) is 16.8 Å². The van der Waals surface area contributed by atoms with Gasteiger partial charge >= 0.3 is 5.56 Å². The fourth-order valence-electron chi connectivity index (χ4n) is 3.61. The molecule has 170 valence electrons. The van der Waals surface area contributed by atoms with Crippen LogP contribution in [0.5, 0.6) is 5.75 Å². The molecule has 0 N–H and O–H groups in total. The van der Waals surface area contributed by atoms with Gasteiger partial charge in [0.15, 0.2) is 15.6 Å². The number of hydrogen-bond donors (Lipinski definition) is 0. The van der Waals surface area contributed by atoms with Crippen molar-refractivity contribution in [3.63, 3.8) is 0 Å². The Labute approximate surface area is 193 Å². The second-order valence-electron chi connectivity index (χ2n) is 8.45. The lowest BCUT2D eigenvalue weighted by Gasteiger charge is -2.27. The molecule has 32 heavy (non-hydrogen) atoms. The Morgan fingerprint density at radius 1 is 1.00 bits per heavy atom. The van der Waals surface area contributed by atoms with E-state index in [0.717, 1.165) is 6.26 Å². The molecular formula is C24H27ClN2O4S. The average molecular weight is 475 g/mol. The summed E-state index contributed by atoms with van der Waals surface area (Å²) in [6.45, 7) is 8.17. The van der Waals surface area contributed by atoms with Gasteiger partial charge in [0.25, 0.3) is 0 Å². The number of ether oxygens (including phenoxy) is 1. The maximum atomic E-state index is 13.5. The minimum absolute atomic E-state index is 0.166. The van der Waals surface area contributed by atoms with Gasteiger partial charge in [-0.25, -0.2) is 8.42 Å². The molecule has 0 amide bonds. The molecule has 0 aliphatic heterocycles. The van der Waals surface area contributed by atoms with Crippen LogP contribution in [-0.2, 0) is 9.84 Å². The molecule has 0 aliphatic rings. The first kappa shape index (κ1) is 24.0. The van der Waals surface area contributed by atoms with Gasteiger partial charge in [-0.2, -0.15) is 9.78 Å². The number of aromatic nitrogens is 2. The van der Waals surface area contributed by atoms with Crippen LogP contribution < -0.4 is 10.3 Å². The third kappa shape index (κ3) is 5.22. The molecule has 0 radical (unpaired) electrons. The molecule has 0 saturated heterocycles. The molecular weight excluding hydrogens is 448 g/mol. The molecule has 6 nitrogen and oxygen atoms in total. The van der Waals surface area contributed by atoms with E-state index in [1.807, 2.05) is 27.7 Å². The molecule has 3 aromatic rings. The molecule has 0 unspecified atom stereocenters. The first-order chi connectivity index (χ1) is 15.0. The first-order valence-electron chi connectivity index (χ1n) is 10.3. The molecule has 0 fully saturated rings. The third-order valence-corrected chi connectivity index (χ3v) is 6.51. The first-order valence-corrected chi connectivity index (χ1v) is 12.6. The summed E-state index contributed by atoms with van der Waals surface area (Å²) in [6, 6.07) is 13.2. The van der Waals surface area contributed by atoms with Crippen molar-refractivity contribution in [2.75, 3.05) is 6.26 Å². The van der Waals surface area contributed by atoms with Gasteiger partial charge < -0.3 is 4.74 Å². The number of nitrogens with zero attached hydrogens (tertiary/aromatic N) is 2. The zero-order valence-corrected chi connectivity index (χ0v) is 20.3. The lowest BCUT2D eigenvalue weighted by molar-refractivity contribution is 0.103. The average Bonchev–Trinajstić information content (AvgIpc) is 2.71. The monoisotopic (exact) mass is 474 g/mol. The lowest BCUT2D eigenvalue weighted by atomic mass is 9.96. The number of rotatable bonds is 7. The number of sulfone groups is 1. The summed E-state index contributed by atoms with van der Waals surface area (Å²) in [5.41, 5.74) is 1.25. The molecule has 1 heterocycles. The summed E-state index contributed by atoms with van der Waals surface area (Å²) >= 11 is 6.11. The minimum atomic E-state index is -3.33. The van der Waals surface area contributed by atoms with Crippen LogP contribution >= 0.6 is 11.6 Å². The van der Waals surface area contributed by atoms with Crippen LogP contribution in [0.3, 0.4) is 0 Å². The molecule has 0 aliphatic carbocycles. The van der Waals surface area contributed by atoms with Gasteiger partial charge in [0.05, 0.1) is 16.8 Å². The predicted octanol–water partition coefficient (Wildman–Crippen LogP) is 5.02. The van der Waals surface area contributed by atoms with Crippen LogP contribution in [0.15, 0.2) is 64.4 Å². The standard InChI is InChI=1S/C24H27ClN2O4S/c1-15(2)22(16(3)4)31-23-21(17-9-11-20(12-10-17)32(5,29)30)14-26-27(24(23)28)19-8-6-7-18(25)13-19/h6-16,22H,1-5H3. The Kier molecular flexibility index (Phi) is 7.10. The maximum absolute atomic E-state index is 13.5. The van der Waals surface area contributed by atoms with Crippen LogP contribution in [0.4, 0.5) is 0 Å². The highest BCUT2D eigenvalue weighted by Gasteiger charge is 2.24. The second-order valence-corrected chi connectivity index (χ2v) is 10.9. The molecule has 3 rings (SSSR count). The van der Waals surface area contributed by atoms with Gasteiger partial charge in [-0.15, -0.1) is 0 Å². The summed E-state index contributed by atoms with van der Waals surface area (Å²) in [5.74, 6) is 0.504. The van der Waals surface area contributed by atoms with E-state index in [2.05, 4.69) is 5.10 Å².